The first kappa shape index (κ1) is 18.0. The number of piperidine rings is 1. The van der Waals surface area contributed by atoms with Gasteiger partial charge in [-0.2, -0.15) is 0 Å². The summed E-state index contributed by atoms with van der Waals surface area (Å²) in [5.41, 5.74) is 0.807. The van der Waals surface area contributed by atoms with Crippen LogP contribution in [0.3, 0.4) is 0 Å². The number of amides is 1. The molecule has 2 aromatic carbocycles. The molecule has 6 heteroatoms. The maximum Gasteiger partial charge on any atom is 0.253 e. The molecule has 3 rings (SSSR count). The Balaban J connectivity index is 1.61. The number of rotatable bonds is 4. The molecule has 3 nitrogen and oxygen atoms in total. The van der Waals surface area contributed by atoms with Crippen LogP contribution in [-0.2, 0) is 11.3 Å². The van der Waals surface area contributed by atoms with E-state index in [1.807, 2.05) is 12.1 Å². The van der Waals surface area contributed by atoms with Crippen molar-refractivity contribution in [2.24, 2.45) is 0 Å². The molecule has 0 unspecified atom stereocenters. The molecule has 0 N–H and O–H groups in total. The summed E-state index contributed by atoms with van der Waals surface area (Å²) in [5, 5.41) is 0. The molecule has 0 aromatic heterocycles. The summed E-state index contributed by atoms with van der Waals surface area (Å²) in [6.07, 6.45) is 1.42. The first-order valence-electron chi connectivity index (χ1n) is 8.13. The number of halogens is 3. The fourth-order valence-corrected chi connectivity index (χ4v) is 3.32. The molecule has 1 aliphatic heterocycles. The van der Waals surface area contributed by atoms with E-state index in [9.17, 15) is 13.6 Å². The van der Waals surface area contributed by atoms with Gasteiger partial charge in [-0.3, -0.25) is 4.79 Å². The number of benzene rings is 2. The van der Waals surface area contributed by atoms with E-state index >= 15 is 0 Å². The standard InChI is InChI=1S/C19H18BrF2NO2/c20-15-4-1-3-13(9-15)19(24)23-8-2-5-17(11-23)25-12-14-10-16(21)6-7-18(14)22/h1,3-4,6-7,9-10,17H,2,5,8,11-12H2/t17-/m0/s1. The van der Waals surface area contributed by atoms with Crippen LogP contribution >= 0.6 is 15.9 Å². The van der Waals surface area contributed by atoms with Gasteiger partial charge >= 0.3 is 0 Å². The van der Waals surface area contributed by atoms with E-state index in [1.165, 1.54) is 0 Å². The van der Waals surface area contributed by atoms with Gasteiger partial charge in [0, 0.05) is 28.7 Å². The summed E-state index contributed by atoms with van der Waals surface area (Å²) >= 11 is 3.37. The third-order valence-electron chi connectivity index (χ3n) is 4.22. The minimum absolute atomic E-state index is 0.00677. The molecular formula is C19H18BrF2NO2. The van der Waals surface area contributed by atoms with Crippen molar-refractivity contribution in [3.05, 3.63) is 69.7 Å². The van der Waals surface area contributed by atoms with E-state index in [0.717, 1.165) is 35.5 Å². The molecule has 1 aliphatic rings. The van der Waals surface area contributed by atoms with Gasteiger partial charge in [-0.05, 0) is 49.2 Å². The lowest BCUT2D eigenvalue weighted by Gasteiger charge is -2.32. The first-order valence-corrected chi connectivity index (χ1v) is 8.92. The van der Waals surface area contributed by atoms with Crippen molar-refractivity contribution < 1.29 is 18.3 Å². The van der Waals surface area contributed by atoms with Gasteiger partial charge in [0.15, 0.2) is 0 Å². The Labute approximate surface area is 153 Å². The van der Waals surface area contributed by atoms with Crippen LogP contribution in [0, 0.1) is 11.6 Å². The predicted molar refractivity (Wildman–Crippen MR) is 94.2 cm³/mol. The molecule has 1 saturated heterocycles. The Morgan fingerprint density at radius 1 is 1.24 bits per heavy atom. The lowest BCUT2D eigenvalue weighted by molar-refractivity contribution is -0.00769. The van der Waals surface area contributed by atoms with E-state index in [1.54, 1.807) is 17.0 Å². The van der Waals surface area contributed by atoms with Crippen LogP contribution in [0.15, 0.2) is 46.9 Å². The molecule has 0 aliphatic carbocycles. The Morgan fingerprint density at radius 2 is 2.08 bits per heavy atom. The third kappa shape index (κ3) is 4.64. The fourth-order valence-electron chi connectivity index (χ4n) is 2.92. The Morgan fingerprint density at radius 3 is 2.88 bits per heavy atom. The first-order chi connectivity index (χ1) is 12.0. The van der Waals surface area contributed by atoms with Gasteiger partial charge in [0.1, 0.15) is 11.6 Å². The van der Waals surface area contributed by atoms with Gasteiger partial charge in [0.2, 0.25) is 0 Å². The Hall–Kier alpha value is -1.79. The quantitative estimate of drug-likeness (QED) is 0.741. The second kappa shape index (κ2) is 8.06. The number of ether oxygens (including phenoxy) is 1. The second-order valence-electron chi connectivity index (χ2n) is 6.07. The molecule has 1 amide bonds. The molecular weight excluding hydrogens is 392 g/mol. The van der Waals surface area contributed by atoms with Gasteiger partial charge < -0.3 is 9.64 Å². The third-order valence-corrected chi connectivity index (χ3v) is 4.71. The second-order valence-corrected chi connectivity index (χ2v) is 6.99. The highest BCUT2D eigenvalue weighted by Gasteiger charge is 2.25. The van der Waals surface area contributed by atoms with Gasteiger partial charge in [0.25, 0.3) is 5.91 Å². The minimum atomic E-state index is -0.491. The van der Waals surface area contributed by atoms with Gasteiger partial charge in [-0.15, -0.1) is 0 Å². The number of carbonyl (C=O) groups excluding carboxylic acids is 1. The molecule has 0 bridgehead atoms. The Bertz CT molecular complexity index is 769. The van der Waals surface area contributed by atoms with Crippen LogP contribution in [0.25, 0.3) is 0 Å². The number of carbonyl (C=O) groups is 1. The minimum Gasteiger partial charge on any atom is -0.372 e. The molecule has 132 valence electrons. The van der Waals surface area contributed by atoms with Crippen LogP contribution in [0.5, 0.6) is 0 Å². The van der Waals surface area contributed by atoms with Crippen molar-refractivity contribution in [1.29, 1.82) is 0 Å². The van der Waals surface area contributed by atoms with Gasteiger partial charge in [-0.25, -0.2) is 8.78 Å². The Kier molecular flexibility index (Phi) is 5.81. The number of likely N-dealkylation sites (tertiary alicyclic amines) is 1. The van der Waals surface area contributed by atoms with Gasteiger partial charge in [0.05, 0.1) is 12.7 Å². The average Bonchev–Trinajstić information content (AvgIpc) is 2.62. The summed E-state index contributed by atoms with van der Waals surface area (Å²) in [6.45, 7) is 1.11. The smallest absolute Gasteiger partial charge is 0.253 e. The lowest BCUT2D eigenvalue weighted by atomic mass is 10.1. The van der Waals surface area contributed by atoms with E-state index in [4.69, 9.17) is 4.74 Å². The topological polar surface area (TPSA) is 29.5 Å². The summed E-state index contributed by atoms with van der Waals surface area (Å²) in [6, 6.07) is 10.6. The summed E-state index contributed by atoms with van der Waals surface area (Å²) < 4.78 is 33.5. The number of hydrogen-bond acceptors (Lipinski definition) is 2. The van der Waals surface area contributed by atoms with E-state index < -0.39 is 11.6 Å². The van der Waals surface area contributed by atoms with Crippen LogP contribution in [0.4, 0.5) is 8.78 Å². The summed E-state index contributed by atoms with van der Waals surface area (Å²) in [4.78, 5) is 14.4. The van der Waals surface area contributed by atoms with Crippen molar-refractivity contribution in [3.8, 4) is 0 Å². The summed E-state index contributed by atoms with van der Waals surface area (Å²) in [5.74, 6) is -1.03. The van der Waals surface area contributed by atoms with E-state index in [-0.39, 0.29) is 24.2 Å². The molecule has 0 saturated carbocycles. The normalized spacial score (nSPS) is 17.6. The molecule has 0 radical (unpaired) electrons. The fraction of sp³-hybridized carbons (Fsp3) is 0.316. The molecule has 1 heterocycles. The highest BCUT2D eigenvalue weighted by molar-refractivity contribution is 9.10. The van der Waals surface area contributed by atoms with Crippen molar-refractivity contribution in [1.82, 2.24) is 4.90 Å². The SMILES string of the molecule is O=C(c1cccc(Br)c1)N1CCC[C@H](OCc2cc(F)ccc2F)C1. The lowest BCUT2D eigenvalue weighted by Crippen LogP contribution is -2.43. The zero-order valence-electron chi connectivity index (χ0n) is 13.6. The van der Waals surface area contributed by atoms with E-state index in [2.05, 4.69) is 15.9 Å². The number of nitrogens with zero attached hydrogens (tertiary/aromatic N) is 1. The van der Waals surface area contributed by atoms with Crippen LogP contribution < -0.4 is 0 Å². The van der Waals surface area contributed by atoms with E-state index in [0.29, 0.717) is 18.7 Å². The van der Waals surface area contributed by atoms with Crippen molar-refractivity contribution in [3.63, 3.8) is 0 Å². The monoisotopic (exact) mass is 409 g/mol. The average molecular weight is 410 g/mol. The summed E-state index contributed by atoms with van der Waals surface area (Å²) in [7, 11) is 0. The van der Waals surface area contributed by atoms with Crippen molar-refractivity contribution in [2.75, 3.05) is 13.1 Å². The van der Waals surface area contributed by atoms with Gasteiger partial charge in [-0.1, -0.05) is 22.0 Å². The molecule has 2 aromatic rings. The van der Waals surface area contributed by atoms with Crippen LogP contribution in [0.1, 0.15) is 28.8 Å². The zero-order chi connectivity index (χ0) is 17.8. The maximum atomic E-state index is 13.7. The number of hydrogen-bond donors (Lipinski definition) is 0. The molecule has 25 heavy (non-hydrogen) atoms. The zero-order valence-corrected chi connectivity index (χ0v) is 15.1. The van der Waals surface area contributed by atoms with Crippen molar-refractivity contribution >= 4 is 21.8 Å². The molecule has 0 spiro atoms. The highest BCUT2D eigenvalue weighted by Crippen LogP contribution is 2.20. The maximum absolute atomic E-state index is 13.7. The largest absolute Gasteiger partial charge is 0.372 e. The van der Waals surface area contributed by atoms with Crippen LogP contribution in [-0.4, -0.2) is 30.0 Å². The predicted octanol–water partition coefficient (Wildman–Crippen LogP) is 4.55. The molecule has 1 atom stereocenters. The van der Waals surface area contributed by atoms with Crippen LogP contribution in [0.2, 0.25) is 0 Å². The highest BCUT2D eigenvalue weighted by atomic mass is 79.9. The molecule has 1 fully saturated rings. The van der Waals surface area contributed by atoms with Crippen molar-refractivity contribution in [2.45, 2.75) is 25.6 Å².